The van der Waals surface area contributed by atoms with Crippen LogP contribution in [0.3, 0.4) is 0 Å². The normalized spacial score (nSPS) is 14.9. The van der Waals surface area contributed by atoms with Crippen molar-refractivity contribution in [2.75, 3.05) is 13.7 Å². The van der Waals surface area contributed by atoms with Crippen molar-refractivity contribution in [1.82, 2.24) is 20.1 Å². The second kappa shape index (κ2) is 7.18. The third-order valence-corrected chi connectivity index (χ3v) is 4.24. The molecule has 0 aliphatic rings. The van der Waals surface area contributed by atoms with Gasteiger partial charge in [-0.1, -0.05) is 6.92 Å². The van der Waals surface area contributed by atoms with Gasteiger partial charge < -0.3 is 15.2 Å². The summed E-state index contributed by atoms with van der Waals surface area (Å²) in [5, 5.41) is 16.9. The highest BCUT2D eigenvalue weighted by molar-refractivity contribution is 6.07. The summed E-state index contributed by atoms with van der Waals surface area (Å²) < 4.78 is 6.72. The van der Waals surface area contributed by atoms with Crippen molar-refractivity contribution in [3.8, 4) is 0 Å². The maximum absolute atomic E-state index is 12.8. The first-order valence-corrected chi connectivity index (χ1v) is 8.13. The van der Waals surface area contributed by atoms with Crippen molar-refractivity contribution < 1.29 is 19.4 Å². The topological polar surface area (TPSA) is 106 Å². The van der Waals surface area contributed by atoms with E-state index in [0.717, 1.165) is 6.42 Å². The van der Waals surface area contributed by atoms with E-state index in [0.29, 0.717) is 22.3 Å². The lowest BCUT2D eigenvalue weighted by Crippen LogP contribution is -2.55. The van der Waals surface area contributed by atoms with E-state index in [2.05, 4.69) is 15.4 Å². The van der Waals surface area contributed by atoms with Gasteiger partial charge in [0, 0.05) is 12.8 Å². The van der Waals surface area contributed by atoms with Gasteiger partial charge in [0.1, 0.15) is 0 Å². The van der Waals surface area contributed by atoms with Crippen LogP contribution in [0.25, 0.3) is 11.0 Å². The molecule has 2 aromatic rings. The van der Waals surface area contributed by atoms with Crippen molar-refractivity contribution in [3.63, 3.8) is 0 Å². The van der Waals surface area contributed by atoms with Crippen molar-refractivity contribution in [2.24, 2.45) is 0 Å². The van der Waals surface area contributed by atoms with Crippen molar-refractivity contribution in [1.29, 1.82) is 0 Å². The largest absolute Gasteiger partial charge is 0.479 e. The van der Waals surface area contributed by atoms with E-state index in [1.54, 1.807) is 23.9 Å². The van der Waals surface area contributed by atoms with Crippen LogP contribution in [-0.4, -0.2) is 51.0 Å². The summed E-state index contributed by atoms with van der Waals surface area (Å²) >= 11 is 0. The van der Waals surface area contributed by atoms with Crippen LogP contribution in [0.4, 0.5) is 0 Å². The molecule has 25 heavy (non-hydrogen) atoms. The quantitative estimate of drug-likeness (QED) is 0.792. The number of rotatable bonds is 7. The number of ether oxygens (including phenoxy) is 1. The standard InChI is InChI=1S/C17H24N4O4/c1-6-11(3)21-14-13(8-18-21)12(7-10(2)19-14)15(22)20-17(4,9-25-5)16(23)24/h7-8,11H,6,9H2,1-5H3,(H,20,22)(H,23,24). The molecule has 8 heteroatoms. The number of aryl methyl sites for hydroxylation is 1. The third-order valence-electron chi connectivity index (χ3n) is 4.24. The fourth-order valence-electron chi connectivity index (χ4n) is 2.58. The second-order valence-corrected chi connectivity index (χ2v) is 6.42. The van der Waals surface area contributed by atoms with E-state index in [1.807, 2.05) is 13.8 Å². The molecule has 1 amide bonds. The van der Waals surface area contributed by atoms with Crippen LogP contribution in [0.2, 0.25) is 0 Å². The van der Waals surface area contributed by atoms with Gasteiger partial charge in [-0.15, -0.1) is 0 Å². The van der Waals surface area contributed by atoms with Crippen LogP contribution in [0, 0.1) is 6.92 Å². The number of amides is 1. The Morgan fingerprint density at radius 3 is 2.72 bits per heavy atom. The monoisotopic (exact) mass is 348 g/mol. The van der Waals surface area contributed by atoms with E-state index < -0.39 is 17.4 Å². The SMILES string of the molecule is CCC(C)n1ncc2c(C(=O)NC(C)(COC)C(=O)O)cc(C)nc21. The first-order valence-electron chi connectivity index (χ1n) is 8.13. The summed E-state index contributed by atoms with van der Waals surface area (Å²) in [5.74, 6) is -1.67. The lowest BCUT2D eigenvalue weighted by molar-refractivity contribution is -0.145. The minimum absolute atomic E-state index is 0.139. The summed E-state index contributed by atoms with van der Waals surface area (Å²) in [7, 11) is 1.39. The van der Waals surface area contributed by atoms with Gasteiger partial charge in [-0.05, 0) is 33.3 Å². The third kappa shape index (κ3) is 3.63. The fraction of sp³-hybridized carbons (Fsp3) is 0.529. The molecule has 2 atom stereocenters. The summed E-state index contributed by atoms with van der Waals surface area (Å²) in [6.07, 6.45) is 2.47. The number of nitrogens with one attached hydrogen (secondary N) is 1. The molecule has 0 aromatic carbocycles. The molecule has 2 aromatic heterocycles. The smallest absolute Gasteiger partial charge is 0.331 e. The lowest BCUT2D eigenvalue weighted by atomic mass is 10.0. The van der Waals surface area contributed by atoms with E-state index in [1.165, 1.54) is 14.0 Å². The van der Waals surface area contributed by atoms with Crippen molar-refractivity contribution in [2.45, 2.75) is 45.7 Å². The van der Waals surface area contributed by atoms with Crippen molar-refractivity contribution >= 4 is 22.9 Å². The minimum Gasteiger partial charge on any atom is -0.479 e. The summed E-state index contributed by atoms with van der Waals surface area (Å²) in [5.41, 5.74) is 0.0950. The zero-order valence-corrected chi connectivity index (χ0v) is 15.2. The number of methoxy groups -OCH3 is 1. The fourth-order valence-corrected chi connectivity index (χ4v) is 2.58. The number of pyridine rings is 1. The molecule has 2 heterocycles. The Bertz CT molecular complexity index is 801. The Balaban J connectivity index is 2.48. The zero-order chi connectivity index (χ0) is 18.8. The van der Waals surface area contributed by atoms with Gasteiger partial charge in [-0.25, -0.2) is 14.5 Å². The van der Waals surface area contributed by atoms with Gasteiger partial charge in [0.2, 0.25) is 0 Å². The van der Waals surface area contributed by atoms with Crippen LogP contribution in [0.5, 0.6) is 0 Å². The first-order chi connectivity index (χ1) is 11.7. The molecular formula is C17H24N4O4. The van der Waals surface area contributed by atoms with Crippen LogP contribution in [0.15, 0.2) is 12.3 Å². The predicted octanol–water partition coefficient (Wildman–Crippen LogP) is 1.93. The Morgan fingerprint density at radius 1 is 1.48 bits per heavy atom. The van der Waals surface area contributed by atoms with Gasteiger partial charge in [0.15, 0.2) is 11.2 Å². The molecule has 2 N–H and O–H groups in total. The molecule has 2 unspecified atom stereocenters. The van der Waals surface area contributed by atoms with Gasteiger partial charge in [-0.3, -0.25) is 4.79 Å². The Hall–Kier alpha value is -2.48. The number of carbonyl (C=O) groups excluding carboxylic acids is 1. The molecule has 0 aliphatic heterocycles. The van der Waals surface area contributed by atoms with Crippen LogP contribution in [0.1, 0.15) is 49.3 Å². The molecule has 0 spiro atoms. The molecule has 0 radical (unpaired) electrons. The number of carbonyl (C=O) groups is 2. The van der Waals surface area contributed by atoms with Crippen molar-refractivity contribution in [3.05, 3.63) is 23.5 Å². The van der Waals surface area contributed by atoms with E-state index >= 15 is 0 Å². The molecule has 0 saturated heterocycles. The summed E-state index contributed by atoms with van der Waals surface area (Å²) in [6, 6.07) is 1.77. The molecule has 2 rings (SSSR count). The average molecular weight is 348 g/mol. The molecular weight excluding hydrogens is 324 g/mol. The first kappa shape index (κ1) is 18.9. The Labute approximate surface area is 146 Å². The number of hydrogen-bond acceptors (Lipinski definition) is 5. The zero-order valence-electron chi connectivity index (χ0n) is 15.2. The number of aromatic nitrogens is 3. The number of aliphatic carboxylic acids is 1. The highest BCUT2D eigenvalue weighted by Gasteiger charge is 2.36. The number of hydrogen-bond donors (Lipinski definition) is 2. The minimum atomic E-state index is -1.53. The molecule has 0 fully saturated rings. The molecule has 0 bridgehead atoms. The highest BCUT2D eigenvalue weighted by Crippen LogP contribution is 2.23. The summed E-state index contributed by atoms with van der Waals surface area (Å²) in [6.45, 7) is 7.12. The van der Waals surface area contributed by atoms with Gasteiger partial charge in [0.05, 0.1) is 29.8 Å². The molecule has 136 valence electrons. The number of nitrogens with zero attached hydrogens (tertiary/aromatic N) is 3. The van der Waals surface area contributed by atoms with Crippen LogP contribution < -0.4 is 5.32 Å². The Kier molecular flexibility index (Phi) is 5.42. The maximum atomic E-state index is 12.8. The van der Waals surface area contributed by atoms with Gasteiger partial charge in [-0.2, -0.15) is 5.10 Å². The van der Waals surface area contributed by atoms with Gasteiger partial charge in [0.25, 0.3) is 5.91 Å². The summed E-state index contributed by atoms with van der Waals surface area (Å²) in [4.78, 5) is 28.8. The second-order valence-electron chi connectivity index (χ2n) is 6.42. The number of carboxylic acids is 1. The number of fused-ring (bicyclic) bond motifs is 1. The van der Waals surface area contributed by atoms with Crippen LogP contribution >= 0.6 is 0 Å². The lowest BCUT2D eigenvalue weighted by Gasteiger charge is -2.25. The average Bonchev–Trinajstić information content (AvgIpc) is 2.96. The molecule has 8 nitrogen and oxygen atoms in total. The van der Waals surface area contributed by atoms with E-state index in [4.69, 9.17) is 4.74 Å². The van der Waals surface area contributed by atoms with Crippen LogP contribution in [-0.2, 0) is 9.53 Å². The molecule has 0 aliphatic carbocycles. The molecule has 0 saturated carbocycles. The van der Waals surface area contributed by atoms with E-state index in [9.17, 15) is 14.7 Å². The maximum Gasteiger partial charge on any atom is 0.331 e. The number of carboxylic acid groups (broad SMARTS) is 1. The Morgan fingerprint density at radius 2 is 2.16 bits per heavy atom. The highest BCUT2D eigenvalue weighted by atomic mass is 16.5. The predicted molar refractivity (Wildman–Crippen MR) is 92.7 cm³/mol. The van der Waals surface area contributed by atoms with E-state index in [-0.39, 0.29) is 12.6 Å². The van der Waals surface area contributed by atoms with Gasteiger partial charge >= 0.3 is 5.97 Å².